The Hall–Kier alpha value is -0.710. The largest absolute Gasteiger partial charge is 0.397 e. The van der Waals surface area contributed by atoms with Crippen LogP contribution < -0.4 is 11.1 Å². The number of nitrogens with two attached hydrogens (primary N) is 1. The maximum absolute atomic E-state index is 5.94. The molecule has 5 heteroatoms. The zero-order valence-corrected chi connectivity index (χ0v) is 12.6. The molecule has 88 valence electrons. The van der Waals surface area contributed by atoms with Crippen molar-refractivity contribution in [3.05, 3.63) is 50.4 Å². The normalized spacial score (nSPS) is 10.3. The van der Waals surface area contributed by atoms with Crippen LogP contribution in [0.25, 0.3) is 0 Å². The predicted molar refractivity (Wildman–Crippen MR) is 81.0 cm³/mol. The van der Waals surface area contributed by atoms with E-state index in [9.17, 15) is 0 Å². The summed E-state index contributed by atoms with van der Waals surface area (Å²) in [5, 5.41) is 3.88. The number of nitrogens with one attached hydrogen (secondary N) is 1. The van der Waals surface area contributed by atoms with Gasteiger partial charge in [-0.1, -0.05) is 27.5 Å². The maximum Gasteiger partial charge on any atom is 0.0633 e. The van der Waals surface area contributed by atoms with Gasteiger partial charge in [0.1, 0.15) is 0 Å². The smallest absolute Gasteiger partial charge is 0.0633 e. The number of hydrogen-bond donors (Lipinski definition) is 2. The molecule has 0 aliphatic heterocycles. The molecule has 0 aliphatic rings. The molecule has 0 aromatic heterocycles. The van der Waals surface area contributed by atoms with Crippen LogP contribution in [0.1, 0.15) is 0 Å². The SMILES string of the molecule is Nc1ccc(Cl)cc1Nc1cc(Br)ccc1Br. The fraction of sp³-hybridized carbons (Fsp3) is 0. The van der Waals surface area contributed by atoms with Crippen LogP contribution in [0.2, 0.25) is 5.02 Å². The second kappa shape index (κ2) is 5.29. The fourth-order valence-electron chi connectivity index (χ4n) is 1.38. The van der Waals surface area contributed by atoms with Gasteiger partial charge in [0.15, 0.2) is 0 Å². The van der Waals surface area contributed by atoms with Crippen LogP contribution in [0, 0.1) is 0 Å². The Kier molecular flexibility index (Phi) is 3.97. The lowest BCUT2D eigenvalue weighted by Crippen LogP contribution is -1.96. The topological polar surface area (TPSA) is 38.0 Å². The van der Waals surface area contributed by atoms with Crippen molar-refractivity contribution in [2.45, 2.75) is 0 Å². The number of rotatable bonds is 2. The lowest BCUT2D eigenvalue weighted by atomic mass is 10.2. The van der Waals surface area contributed by atoms with Crippen molar-refractivity contribution in [3.8, 4) is 0 Å². The molecule has 0 saturated carbocycles. The Morgan fingerprint density at radius 3 is 2.53 bits per heavy atom. The number of anilines is 3. The third-order valence-corrected chi connectivity index (χ3v) is 3.63. The molecule has 0 heterocycles. The summed E-state index contributed by atoms with van der Waals surface area (Å²) in [5.74, 6) is 0. The van der Waals surface area contributed by atoms with E-state index in [4.69, 9.17) is 17.3 Å². The molecule has 0 atom stereocenters. The first-order valence-corrected chi connectivity index (χ1v) is 6.80. The highest BCUT2D eigenvalue weighted by Crippen LogP contribution is 2.32. The van der Waals surface area contributed by atoms with Crippen molar-refractivity contribution < 1.29 is 0 Å². The van der Waals surface area contributed by atoms with Crippen molar-refractivity contribution in [2.75, 3.05) is 11.1 Å². The average Bonchev–Trinajstić information content (AvgIpc) is 2.28. The molecule has 0 unspecified atom stereocenters. The van der Waals surface area contributed by atoms with Crippen LogP contribution in [0.15, 0.2) is 45.3 Å². The number of nitrogen functional groups attached to an aromatic ring is 1. The number of hydrogen-bond acceptors (Lipinski definition) is 2. The average molecular weight is 376 g/mol. The van der Waals surface area contributed by atoms with Crippen LogP contribution >= 0.6 is 43.5 Å². The molecule has 17 heavy (non-hydrogen) atoms. The van der Waals surface area contributed by atoms with Crippen molar-refractivity contribution in [3.63, 3.8) is 0 Å². The predicted octanol–water partition coefficient (Wildman–Crippen LogP) is 5.19. The van der Waals surface area contributed by atoms with Gasteiger partial charge in [0.05, 0.1) is 17.1 Å². The van der Waals surface area contributed by atoms with Gasteiger partial charge in [-0.3, -0.25) is 0 Å². The molecular formula is C12H9Br2ClN2. The molecular weight excluding hydrogens is 367 g/mol. The molecule has 0 aliphatic carbocycles. The molecule has 0 saturated heterocycles. The van der Waals surface area contributed by atoms with E-state index in [-0.39, 0.29) is 0 Å². The standard InChI is InChI=1S/C12H9Br2ClN2/c13-7-1-3-9(14)11(5-7)17-12-6-8(15)2-4-10(12)16/h1-6,17H,16H2. The minimum atomic E-state index is 0.646. The first-order valence-electron chi connectivity index (χ1n) is 4.83. The third-order valence-electron chi connectivity index (χ3n) is 2.21. The summed E-state index contributed by atoms with van der Waals surface area (Å²) in [6.07, 6.45) is 0. The minimum Gasteiger partial charge on any atom is -0.397 e. The van der Waals surface area contributed by atoms with Crippen LogP contribution in [-0.2, 0) is 0 Å². The van der Waals surface area contributed by atoms with Gasteiger partial charge < -0.3 is 11.1 Å². The lowest BCUT2D eigenvalue weighted by Gasteiger charge is -2.11. The molecule has 0 bridgehead atoms. The first kappa shape index (κ1) is 12.7. The van der Waals surface area contributed by atoms with Gasteiger partial charge in [0.2, 0.25) is 0 Å². The number of halogens is 3. The summed E-state index contributed by atoms with van der Waals surface area (Å²) in [6, 6.07) is 11.2. The highest BCUT2D eigenvalue weighted by molar-refractivity contribution is 9.11. The van der Waals surface area contributed by atoms with Gasteiger partial charge in [0, 0.05) is 14.0 Å². The highest BCUT2D eigenvalue weighted by Gasteiger charge is 2.04. The van der Waals surface area contributed by atoms with E-state index < -0.39 is 0 Å². The molecule has 0 radical (unpaired) electrons. The molecule has 2 nitrogen and oxygen atoms in total. The van der Waals surface area contributed by atoms with Crippen molar-refractivity contribution in [2.24, 2.45) is 0 Å². The quantitative estimate of drug-likeness (QED) is 0.708. The van der Waals surface area contributed by atoms with E-state index in [0.717, 1.165) is 20.3 Å². The van der Waals surface area contributed by atoms with E-state index in [1.165, 1.54) is 0 Å². The first-order chi connectivity index (χ1) is 8.06. The van der Waals surface area contributed by atoms with Crippen LogP contribution in [0.4, 0.5) is 17.1 Å². The second-order valence-electron chi connectivity index (χ2n) is 3.48. The summed E-state index contributed by atoms with van der Waals surface area (Å²) in [7, 11) is 0. The van der Waals surface area contributed by atoms with Crippen LogP contribution in [0.5, 0.6) is 0 Å². The Labute approximate surface area is 121 Å². The van der Waals surface area contributed by atoms with Gasteiger partial charge in [0.25, 0.3) is 0 Å². The van der Waals surface area contributed by atoms with Gasteiger partial charge >= 0.3 is 0 Å². The zero-order valence-electron chi connectivity index (χ0n) is 8.68. The van der Waals surface area contributed by atoms with E-state index in [2.05, 4.69) is 37.2 Å². The lowest BCUT2D eigenvalue weighted by molar-refractivity contribution is 1.50. The Bertz CT molecular complexity index is 509. The molecule has 0 spiro atoms. The van der Waals surface area contributed by atoms with Crippen molar-refractivity contribution in [1.82, 2.24) is 0 Å². The van der Waals surface area contributed by atoms with Crippen molar-refractivity contribution in [1.29, 1.82) is 0 Å². The Balaban J connectivity index is 2.37. The summed E-state index contributed by atoms with van der Waals surface area (Å²) in [5.41, 5.74) is 8.24. The summed E-state index contributed by atoms with van der Waals surface area (Å²) in [4.78, 5) is 0. The highest BCUT2D eigenvalue weighted by atomic mass is 79.9. The molecule has 0 fully saturated rings. The Morgan fingerprint density at radius 1 is 1.00 bits per heavy atom. The monoisotopic (exact) mass is 374 g/mol. The molecule has 2 rings (SSSR count). The summed E-state index contributed by atoms with van der Waals surface area (Å²) < 4.78 is 1.95. The van der Waals surface area contributed by atoms with Crippen LogP contribution in [0.3, 0.4) is 0 Å². The van der Waals surface area contributed by atoms with Crippen molar-refractivity contribution >= 4 is 60.5 Å². The van der Waals surface area contributed by atoms with E-state index >= 15 is 0 Å². The maximum atomic E-state index is 5.94. The van der Waals surface area contributed by atoms with Gasteiger partial charge in [-0.05, 0) is 52.3 Å². The van der Waals surface area contributed by atoms with Gasteiger partial charge in [-0.25, -0.2) is 0 Å². The molecule has 2 aromatic rings. The number of benzene rings is 2. The molecule has 3 N–H and O–H groups in total. The Morgan fingerprint density at radius 2 is 1.76 bits per heavy atom. The van der Waals surface area contributed by atoms with Crippen LogP contribution in [-0.4, -0.2) is 0 Å². The summed E-state index contributed by atoms with van der Waals surface area (Å²) >= 11 is 12.8. The third kappa shape index (κ3) is 3.15. The van der Waals surface area contributed by atoms with E-state index in [0.29, 0.717) is 10.7 Å². The summed E-state index contributed by atoms with van der Waals surface area (Å²) in [6.45, 7) is 0. The molecule has 2 aromatic carbocycles. The van der Waals surface area contributed by atoms with E-state index in [1.807, 2.05) is 18.2 Å². The van der Waals surface area contributed by atoms with Gasteiger partial charge in [-0.15, -0.1) is 0 Å². The zero-order chi connectivity index (χ0) is 12.4. The fourth-order valence-corrected chi connectivity index (χ4v) is 2.25. The van der Waals surface area contributed by atoms with Gasteiger partial charge in [-0.2, -0.15) is 0 Å². The molecule has 0 amide bonds. The van der Waals surface area contributed by atoms with E-state index in [1.54, 1.807) is 18.2 Å². The second-order valence-corrected chi connectivity index (χ2v) is 5.69. The minimum absolute atomic E-state index is 0.646.